The maximum absolute atomic E-state index is 14.5. The number of hydrogen-bond donors (Lipinski definition) is 12. The summed E-state index contributed by atoms with van der Waals surface area (Å²) in [5, 5.41) is 23.7. The van der Waals surface area contributed by atoms with Crippen molar-refractivity contribution in [2.45, 2.75) is 105 Å². The van der Waals surface area contributed by atoms with Crippen molar-refractivity contribution in [3.63, 3.8) is 0 Å². The summed E-state index contributed by atoms with van der Waals surface area (Å²) in [6, 6.07) is 0. The summed E-state index contributed by atoms with van der Waals surface area (Å²) in [6.45, 7) is 15.2. The van der Waals surface area contributed by atoms with Gasteiger partial charge in [0.2, 0.25) is 23.6 Å². The second kappa shape index (κ2) is 40.3. The molecule has 0 saturated heterocycles. The van der Waals surface area contributed by atoms with Gasteiger partial charge in [-0.3, -0.25) is 38.4 Å². The molecule has 0 aliphatic rings. The van der Waals surface area contributed by atoms with Crippen molar-refractivity contribution in [1.82, 2.24) is 42.5 Å². The number of Topliss-reactive ketones (excluding diaryl/α,β-unsaturated/α-hetero) is 4. The van der Waals surface area contributed by atoms with Gasteiger partial charge in [-0.25, -0.2) is 0 Å². The van der Waals surface area contributed by atoms with Crippen LogP contribution >= 0.6 is 0 Å². The highest BCUT2D eigenvalue weighted by molar-refractivity contribution is 5.95. The molecule has 0 spiro atoms. The van der Waals surface area contributed by atoms with Gasteiger partial charge in [0.15, 0.2) is 0 Å². The lowest BCUT2D eigenvalue weighted by molar-refractivity contribution is -0.136. The smallest absolute Gasteiger partial charge is 0.220 e. The summed E-state index contributed by atoms with van der Waals surface area (Å²) in [5.41, 5.74) is 22.1. The van der Waals surface area contributed by atoms with Crippen molar-refractivity contribution in [2.75, 3.05) is 105 Å². The van der Waals surface area contributed by atoms with Crippen LogP contribution in [-0.2, 0) is 38.4 Å². The number of nitrogens with one attached hydrogen (secondary N) is 8. The average Bonchev–Trinajstić information content (AvgIpc) is 3.28. The molecule has 382 valence electrons. The molecule has 0 aliphatic heterocycles. The van der Waals surface area contributed by atoms with E-state index in [1.807, 2.05) is 13.8 Å². The molecule has 0 saturated carbocycles. The normalized spacial score (nSPS) is 13.2. The molecule has 20 heteroatoms. The Morgan fingerprint density at radius 1 is 0.364 bits per heavy atom. The van der Waals surface area contributed by atoms with E-state index in [-0.39, 0.29) is 118 Å². The van der Waals surface area contributed by atoms with E-state index < -0.39 is 35.4 Å². The van der Waals surface area contributed by atoms with Gasteiger partial charge in [0.1, 0.15) is 23.1 Å². The Morgan fingerprint density at radius 3 is 0.924 bits per heavy atom. The van der Waals surface area contributed by atoms with E-state index in [1.165, 1.54) is 0 Å². The van der Waals surface area contributed by atoms with Crippen LogP contribution in [0.1, 0.15) is 105 Å². The lowest BCUT2D eigenvalue weighted by Crippen LogP contribution is -2.35. The number of rotatable bonds is 45. The number of nitrogens with two attached hydrogens (primary N) is 4. The van der Waals surface area contributed by atoms with E-state index in [2.05, 4.69) is 42.5 Å². The van der Waals surface area contributed by atoms with Crippen molar-refractivity contribution in [1.29, 1.82) is 0 Å². The monoisotopic (exact) mass is 939 g/mol. The Balaban J connectivity index is 6.48. The molecule has 66 heavy (non-hydrogen) atoms. The fraction of sp³-hybridized carbons (Fsp3) is 0.826. The van der Waals surface area contributed by atoms with Crippen LogP contribution in [0.4, 0.5) is 0 Å². The van der Waals surface area contributed by atoms with Crippen LogP contribution in [0.25, 0.3) is 0 Å². The summed E-state index contributed by atoms with van der Waals surface area (Å²) in [7, 11) is 0. The fourth-order valence-corrected chi connectivity index (χ4v) is 7.42. The molecule has 0 rings (SSSR count). The third-order valence-electron chi connectivity index (χ3n) is 11.1. The van der Waals surface area contributed by atoms with Gasteiger partial charge in [-0.2, -0.15) is 0 Å². The molecule has 0 bridgehead atoms. The number of hydrogen-bond acceptors (Lipinski definition) is 16. The molecule has 0 aromatic carbocycles. The molecule has 4 amide bonds. The minimum absolute atomic E-state index is 0.00922. The predicted molar refractivity (Wildman–Crippen MR) is 259 cm³/mol. The SMILES string of the molecule is CC(C)CC(CCC(=O)NCCNCCN)C(=O)CC(CCC(=O)NCCNCCN)C(=O)CC(CCC(=O)NCCNCCN)C(=O)CC(CCC(=O)NCCNCCN)C(=O)C(C)C. The first-order valence-corrected chi connectivity index (χ1v) is 24.4. The Labute approximate surface area is 394 Å². The van der Waals surface area contributed by atoms with E-state index in [0.29, 0.717) is 111 Å². The van der Waals surface area contributed by atoms with Gasteiger partial charge in [-0.15, -0.1) is 0 Å². The zero-order valence-electron chi connectivity index (χ0n) is 40.8. The molecule has 0 radical (unpaired) electrons. The fourth-order valence-electron chi connectivity index (χ4n) is 7.42. The lowest BCUT2D eigenvalue weighted by atomic mass is 9.78. The van der Waals surface area contributed by atoms with Gasteiger partial charge in [0, 0.05) is 179 Å². The molecule has 0 aromatic rings. The van der Waals surface area contributed by atoms with Crippen molar-refractivity contribution in [2.24, 2.45) is 58.4 Å². The van der Waals surface area contributed by atoms with Gasteiger partial charge < -0.3 is 65.5 Å². The number of ketones is 4. The van der Waals surface area contributed by atoms with Crippen LogP contribution < -0.4 is 65.5 Å². The second-order valence-electron chi connectivity index (χ2n) is 17.7. The Morgan fingerprint density at radius 2 is 0.636 bits per heavy atom. The first kappa shape index (κ1) is 62.2. The minimum atomic E-state index is -0.974. The highest BCUT2D eigenvalue weighted by Gasteiger charge is 2.33. The van der Waals surface area contributed by atoms with E-state index >= 15 is 0 Å². The third-order valence-corrected chi connectivity index (χ3v) is 11.1. The summed E-state index contributed by atoms with van der Waals surface area (Å²) in [6.07, 6.45) is 0.234. The summed E-state index contributed by atoms with van der Waals surface area (Å²) in [5.74, 6) is -5.78. The van der Waals surface area contributed by atoms with Crippen LogP contribution in [0.3, 0.4) is 0 Å². The maximum atomic E-state index is 14.5. The molecule has 4 unspecified atom stereocenters. The molecular formula is C46H90N12O8. The highest BCUT2D eigenvalue weighted by Crippen LogP contribution is 2.28. The molecular weight excluding hydrogens is 849 g/mol. The zero-order valence-corrected chi connectivity index (χ0v) is 40.8. The van der Waals surface area contributed by atoms with Crippen LogP contribution in [0, 0.1) is 35.5 Å². The maximum Gasteiger partial charge on any atom is 0.220 e. The van der Waals surface area contributed by atoms with Gasteiger partial charge in [-0.1, -0.05) is 27.7 Å². The molecule has 0 fully saturated rings. The number of carbonyl (C=O) groups is 8. The summed E-state index contributed by atoms with van der Waals surface area (Å²) < 4.78 is 0. The van der Waals surface area contributed by atoms with Crippen LogP contribution in [0.2, 0.25) is 0 Å². The Kier molecular flexibility index (Phi) is 38.0. The van der Waals surface area contributed by atoms with Gasteiger partial charge in [0.05, 0.1) is 0 Å². The molecule has 16 N–H and O–H groups in total. The van der Waals surface area contributed by atoms with E-state index in [4.69, 9.17) is 22.9 Å². The van der Waals surface area contributed by atoms with E-state index in [1.54, 1.807) is 13.8 Å². The first-order chi connectivity index (χ1) is 31.6. The second-order valence-corrected chi connectivity index (χ2v) is 17.7. The minimum Gasteiger partial charge on any atom is -0.355 e. The summed E-state index contributed by atoms with van der Waals surface area (Å²) >= 11 is 0. The zero-order chi connectivity index (χ0) is 49.5. The summed E-state index contributed by atoms with van der Waals surface area (Å²) in [4.78, 5) is 108. The predicted octanol–water partition coefficient (Wildman–Crippen LogP) is -1.62. The van der Waals surface area contributed by atoms with E-state index in [0.717, 1.165) is 0 Å². The van der Waals surface area contributed by atoms with E-state index in [9.17, 15) is 38.4 Å². The number of carbonyl (C=O) groups excluding carboxylic acids is 8. The topological polar surface area (TPSA) is 337 Å². The van der Waals surface area contributed by atoms with Crippen molar-refractivity contribution in [3.05, 3.63) is 0 Å². The highest BCUT2D eigenvalue weighted by atomic mass is 16.2. The Bertz CT molecular complexity index is 1400. The third kappa shape index (κ3) is 32.8. The van der Waals surface area contributed by atoms with Gasteiger partial charge >= 0.3 is 0 Å². The van der Waals surface area contributed by atoms with Crippen LogP contribution in [-0.4, -0.2) is 151 Å². The van der Waals surface area contributed by atoms with Crippen molar-refractivity contribution < 1.29 is 38.4 Å². The lowest BCUT2D eigenvalue weighted by Gasteiger charge is -2.24. The largest absolute Gasteiger partial charge is 0.355 e. The Hall–Kier alpha value is -3.76. The van der Waals surface area contributed by atoms with Gasteiger partial charge in [0.25, 0.3) is 0 Å². The van der Waals surface area contributed by atoms with Crippen LogP contribution in [0.15, 0.2) is 0 Å². The first-order valence-electron chi connectivity index (χ1n) is 24.4. The van der Waals surface area contributed by atoms with Gasteiger partial charge in [-0.05, 0) is 38.0 Å². The van der Waals surface area contributed by atoms with Crippen molar-refractivity contribution >= 4 is 46.8 Å². The number of amides is 4. The molecule has 0 heterocycles. The quantitative estimate of drug-likeness (QED) is 0.0305. The average molecular weight is 939 g/mol. The molecule has 0 aromatic heterocycles. The molecule has 0 aliphatic carbocycles. The molecule has 4 atom stereocenters. The van der Waals surface area contributed by atoms with Crippen molar-refractivity contribution in [3.8, 4) is 0 Å². The standard InChI is InChI=1S/C46H90N12O8/c1-33(2)29-35(5-9-42(62)55-25-21-51-17-13-47)39(59)30-36(6-10-43(63)56-26-22-52-18-14-48)40(60)31-37(7-11-44(64)57-27-23-53-19-15-49)41(61)32-38(46(66)34(3)4)8-12-45(65)58-28-24-54-20-16-50/h33-38,51-54H,5-32,47-50H2,1-4H3,(H,55,62)(H,56,63)(H,57,64)(H,58,65). The van der Waals surface area contributed by atoms with Crippen LogP contribution in [0.5, 0.6) is 0 Å². The molecule has 20 nitrogen and oxygen atoms in total.